The van der Waals surface area contributed by atoms with Crippen LogP contribution in [0.5, 0.6) is 0 Å². The van der Waals surface area contributed by atoms with Gasteiger partial charge in [-0.3, -0.25) is 9.78 Å². The Balaban J connectivity index is 1.63. The van der Waals surface area contributed by atoms with Crippen molar-refractivity contribution in [1.82, 2.24) is 30.5 Å². The first-order chi connectivity index (χ1) is 14.9. The Labute approximate surface area is 175 Å². The smallest absolute Gasteiger partial charge is 0.315 e. The molecule has 0 bridgehead atoms. The number of tetrazole rings is 1. The Morgan fingerprint density at radius 3 is 2.42 bits per heavy atom. The molecule has 2 aromatic heterocycles. The number of nitrogens with zero attached hydrogens (tertiary/aromatic N) is 5. The first kappa shape index (κ1) is 22.2. The second-order valence-electron chi connectivity index (χ2n) is 6.65. The van der Waals surface area contributed by atoms with Crippen LogP contribution >= 0.6 is 0 Å². The molecule has 9 nitrogen and oxygen atoms in total. The quantitative estimate of drug-likeness (QED) is 0.468. The van der Waals surface area contributed by atoms with Crippen molar-refractivity contribution < 1.29 is 23.1 Å². The molecule has 12 heteroatoms. The normalized spacial score (nSPS) is 13.1. The second kappa shape index (κ2) is 9.98. The van der Waals surface area contributed by atoms with Gasteiger partial charge in [-0.15, -0.1) is 0 Å². The third kappa shape index (κ3) is 5.54. The number of alkyl halides is 3. The van der Waals surface area contributed by atoms with Crippen molar-refractivity contribution in [2.45, 2.75) is 25.1 Å². The number of anilines is 1. The molecule has 0 saturated heterocycles. The molecule has 31 heavy (non-hydrogen) atoms. The van der Waals surface area contributed by atoms with E-state index in [0.29, 0.717) is 12.5 Å². The van der Waals surface area contributed by atoms with Crippen LogP contribution in [-0.4, -0.2) is 55.3 Å². The van der Waals surface area contributed by atoms with Gasteiger partial charge in [0.25, 0.3) is 5.91 Å². The highest BCUT2D eigenvalue weighted by Gasteiger charge is 2.26. The molecule has 0 aliphatic heterocycles. The number of nitrogens with one attached hydrogen (secondary N) is 2. The zero-order valence-electron chi connectivity index (χ0n) is 16.4. The SMILES string of the molecule is Cn1nnnc1NCc1ccc(-c2ccc([C@@H](O)[C@@H](CF)NC(=O)C(F)F)cc2)cn1. The van der Waals surface area contributed by atoms with Crippen molar-refractivity contribution in [3.8, 4) is 11.1 Å². The largest absolute Gasteiger partial charge is 0.386 e. The molecule has 0 aliphatic rings. The van der Waals surface area contributed by atoms with E-state index in [1.807, 2.05) is 12.1 Å². The maximum atomic E-state index is 13.1. The van der Waals surface area contributed by atoms with E-state index in [0.717, 1.165) is 16.8 Å². The predicted molar refractivity (Wildman–Crippen MR) is 105 cm³/mol. The van der Waals surface area contributed by atoms with E-state index in [1.165, 1.54) is 16.8 Å². The molecule has 0 radical (unpaired) electrons. The molecule has 2 heterocycles. The Kier molecular flexibility index (Phi) is 7.13. The average molecular weight is 435 g/mol. The van der Waals surface area contributed by atoms with Crippen molar-refractivity contribution in [3.63, 3.8) is 0 Å². The molecule has 0 saturated carbocycles. The lowest BCUT2D eigenvalue weighted by Crippen LogP contribution is -2.43. The summed E-state index contributed by atoms with van der Waals surface area (Å²) in [4.78, 5) is 15.5. The number of benzene rings is 1. The van der Waals surface area contributed by atoms with Crippen LogP contribution in [0.3, 0.4) is 0 Å². The van der Waals surface area contributed by atoms with Gasteiger partial charge < -0.3 is 15.7 Å². The van der Waals surface area contributed by atoms with Crippen LogP contribution < -0.4 is 10.6 Å². The van der Waals surface area contributed by atoms with E-state index in [1.54, 1.807) is 30.7 Å². The zero-order chi connectivity index (χ0) is 22.4. The van der Waals surface area contributed by atoms with Crippen LogP contribution in [0, 0.1) is 0 Å². The molecule has 3 aromatic rings. The summed E-state index contributed by atoms with van der Waals surface area (Å²) in [6.45, 7) is -0.764. The van der Waals surface area contributed by atoms with Gasteiger partial charge in [-0.05, 0) is 27.6 Å². The summed E-state index contributed by atoms with van der Waals surface area (Å²) in [7, 11) is 1.71. The van der Waals surface area contributed by atoms with Crippen LogP contribution in [0.2, 0.25) is 0 Å². The Hall–Kier alpha value is -3.54. The molecular weight excluding hydrogens is 415 g/mol. The van der Waals surface area contributed by atoms with Gasteiger partial charge in [-0.2, -0.15) is 8.78 Å². The van der Waals surface area contributed by atoms with E-state index >= 15 is 0 Å². The summed E-state index contributed by atoms with van der Waals surface area (Å²) >= 11 is 0. The van der Waals surface area contributed by atoms with E-state index in [-0.39, 0.29) is 5.56 Å². The maximum Gasteiger partial charge on any atom is 0.315 e. The summed E-state index contributed by atoms with van der Waals surface area (Å²) in [5.74, 6) is -1.12. The third-order valence-corrected chi connectivity index (χ3v) is 4.53. The lowest BCUT2D eigenvalue weighted by molar-refractivity contribution is -0.133. The number of carbonyl (C=O) groups is 1. The highest BCUT2D eigenvalue weighted by atomic mass is 19.3. The van der Waals surface area contributed by atoms with E-state index < -0.39 is 31.2 Å². The number of rotatable bonds is 9. The molecule has 164 valence electrons. The van der Waals surface area contributed by atoms with E-state index in [9.17, 15) is 23.1 Å². The standard InChI is InChI=1S/C19H20F3N7O2/c1-29-19(26-27-28-29)24-10-14-7-6-13(9-23-14)11-2-4-12(5-3-11)16(30)15(8-20)25-18(31)17(21)22/h2-7,9,15-17,30H,8,10H2,1H3,(H,25,31)(H,24,26,28)/t15-,16-/m1/s1. The molecule has 1 amide bonds. The summed E-state index contributed by atoms with van der Waals surface area (Å²) in [6, 6.07) is 8.66. The molecule has 0 spiro atoms. The van der Waals surface area contributed by atoms with Crippen LogP contribution in [-0.2, 0) is 18.4 Å². The summed E-state index contributed by atoms with van der Waals surface area (Å²) < 4.78 is 39.3. The minimum atomic E-state index is -3.29. The highest BCUT2D eigenvalue weighted by Crippen LogP contribution is 2.24. The van der Waals surface area contributed by atoms with Crippen LogP contribution in [0.1, 0.15) is 17.4 Å². The number of aryl methyl sites for hydroxylation is 1. The molecule has 2 atom stereocenters. The van der Waals surface area contributed by atoms with Crippen molar-refractivity contribution >= 4 is 11.9 Å². The number of carbonyl (C=O) groups excluding carboxylic acids is 1. The molecular formula is C19H20F3N7O2. The Morgan fingerprint density at radius 2 is 1.87 bits per heavy atom. The number of aliphatic hydroxyl groups is 1. The average Bonchev–Trinajstić information content (AvgIpc) is 3.20. The molecule has 0 aliphatic carbocycles. The molecule has 0 unspecified atom stereocenters. The number of halogens is 3. The number of amides is 1. The first-order valence-corrected chi connectivity index (χ1v) is 9.23. The Morgan fingerprint density at radius 1 is 1.16 bits per heavy atom. The van der Waals surface area contributed by atoms with Crippen LogP contribution in [0.25, 0.3) is 11.1 Å². The molecule has 0 fully saturated rings. The van der Waals surface area contributed by atoms with Gasteiger partial charge in [-0.1, -0.05) is 35.4 Å². The van der Waals surface area contributed by atoms with Crippen molar-refractivity contribution in [1.29, 1.82) is 0 Å². The number of aliphatic hydroxyl groups excluding tert-OH is 1. The minimum Gasteiger partial charge on any atom is -0.386 e. The topological polar surface area (TPSA) is 118 Å². The molecule has 3 rings (SSSR count). The molecule has 3 N–H and O–H groups in total. The lowest BCUT2D eigenvalue weighted by Gasteiger charge is -2.22. The number of pyridine rings is 1. The lowest BCUT2D eigenvalue weighted by atomic mass is 9.99. The summed E-state index contributed by atoms with van der Waals surface area (Å²) in [5.41, 5.74) is 2.64. The number of hydrogen-bond acceptors (Lipinski definition) is 7. The Bertz CT molecular complexity index is 996. The fraction of sp³-hybridized carbons (Fsp3) is 0.316. The summed E-state index contributed by atoms with van der Waals surface area (Å²) in [6.07, 6.45) is -3.08. The van der Waals surface area contributed by atoms with E-state index in [2.05, 4.69) is 25.8 Å². The third-order valence-electron chi connectivity index (χ3n) is 4.53. The predicted octanol–water partition coefficient (Wildman–Crippen LogP) is 1.64. The van der Waals surface area contributed by atoms with Crippen molar-refractivity contribution in [3.05, 3.63) is 53.9 Å². The van der Waals surface area contributed by atoms with Crippen molar-refractivity contribution in [2.75, 3.05) is 12.0 Å². The minimum absolute atomic E-state index is 0.284. The monoisotopic (exact) mass is 435 g/mol. The van der Waals surface area contributed by atoms with Gasteiger partial charge in [0.1, 0.15) is 12.8 Å². The van der Waals surface area contributed by atoms with Gasteiger partial charge in [0.05, 0.1) is 18.3 Å². The van der Waals surface area contributed by atoms with Gasteiger partial charge in [0.2, 0.25) is 5.95 Å². The first-order valence-electron chi connectivity index (χ1n) is 9.23. The fourth-order valence-corrected chi connectivity index (χ4v) is 2.80. The van der Waals surface area contributed by atoms with Gasteiger partial charge in [0, 0.05) is 18.8 Å². The van der Waals surface area contributed by atoms with Crippen LogP contribution in [0.15, 0.2) is 42.6 Å². The molecule has 1 aromatic carbocycles. The summed E-state index contributed by atoms with van der Waals surface area (Å²) in [5, 5.41) is 26.2. The van der Waals surface area contributed by atoms with E-state index in [4.69, 9.17) is 0 Å². The number of hydrogen-bond donors (Lipinski definition) is 3. The number of aromatic nitrogens is 5. The van der Waals surface area contributed by atoms with Crippen LogP contribution in [0.4, 0.5) is 19.1 Å². The van der Waals surface area contributed by atoms with Gasteiger partial charge in [-0.25, -0.2) is 9.07 Å². The second-order valence-corrected chi connectivity index (χ2v) is 6.65. The maximum absolute atomic E-state index is 13.1. The zero-order valence-corrected chi connectivity index (χ0v) is 16.4. The van der Waals surface area contributed by atoms with Gasteiger partial charge in [0.15, 0.2) is 0 Å². The van der Waals surface area contributed by atoms with Gasteiger partial charge >= 0.3 is 6.43 Å². The highest BCUT2D eigenvalue weighted by molar-refractivity contribution is 5.79. The van der Waals surface area contributed by atoms with Crippen molar-refractivity contribution in [2.24, 2.45) is 7.05 Å². The fourth-order valence-electron chi connectivity index (χ4n) is 2.80.